The number of carbonyl (C=O) groups is 1. The zero-order valence-corrected chi connectivity index (χ0v) is 11.7. The Kier molecular flexibility index (Phi) is 4.94. The first-order valence-electron chi connectivity index (χ1n) is 6.16. The molecule has 0 atom stereocenters. The van der Waals surface area contributed by atoms with E-state index in [2.05, 4.69) is 17.2 Å². The Hall–Kier alpha value is -2.35. The quantitative estimate of drug-likeness (QED) is 0.838. The highest BCUT2D eigenvalue weighted by Gasteiger charge is 2.15. The predicted molar refractivity (Wildman–Crippen MR) is 81.7 cm³/mol. The number of carbonyl (C=O) groups excluding carboxylic acids is 1. The van der Waals surface area contributed by atoms with Crippen molar-refractivity contribution in [2.24, 2.45) is 5.73 Å². The Labute approximate surface area is 126 Å². The van der Waals surface area contributed by atoms with Crippen LogP contribution in [0.4, 0.5) is 10.1 Å². The number of benzene rings is 2. The Morgan fingerprint density at radius 1 is 1.24 bits per heavy atom. The summed E-state index contributed by atoms with van der Waals surface area (Å²) in [7, 11) is 0. The van der Waals surface area contributed by atoms with Gasteiger partial charge in [0.1, 0.15) is 5.82 Å². The molecule has 0 aliphatic rings. The summed E-state index contributed by atoms with van der Waals surface area (Å²) in [6.45, 7) is 0.282. The van der Waals surface area contributed by atoms with E-state index in [1.165, 1.54) is 18.2 Å². The lowest BCUT2D eigenvalue weighted by atomic mass is 10.1. The summed E-state index contributed by atoms with van der Waals surface area (Å²) in [5.74, 6) is 4.34. The standard InChI is InChI=1S/C16H12ClFN2O/c17-13-4-1-5-14(18)15(13)16(21)20-12-8-6-11(7-9-12)3-2-10-19/h1,4-9H,10,19H2,(H,20,21). The second kappa shape index (κ2) is 6.89. The van der Waals surface area contributed by atoms with Crippen LogP contribution >= 0.6 is 11.6 Å². The monoisotopic (exact) mass is 302 g/mol. The molecule has 0 radical (unpaired) electrons. The first kappa shape index (κ1) is 15.0. The maximum Gasteiger partial charge on any atom is 0.260 e. The topological polar surface area (TPSA) is 55.1 Å². The Morgan fingerprint density at radius 3 is 2.57 bits per heavy atom. The molecule has 0 heterocycles. The van der Waals surface area contributed by atoms with E-state index in [4.69, 9.17) is 17.3 Å². The van der Waals surface area contributed by atoms with Crippen LogP contribution < -0.4 is 11.1 Å². The van der Waals surface area contributed by atoms with Crippen LogP contribution in [-0.4, -0.2) is 12.5 Å². The van der Waals surface area contributed by atoms with Crippen molar-refractivity contribution >= 4 is 23.2 Å². The molecule has 0 aliphatic carbocycles. The molecule has 21 heavy (non-hydrogen) atoms. The number of nitrogens with two attached hydrogens (primary N) is 1. The first-order valence-corrected chi connectivity index (χ1v) is 6.54. The highest BCUT2D eigenvalue weighted by atomic mass is 35.5. The number of halogens is 2. The molecular formula is C16H12ClFN2O. The number of rotatable bonds is 2. The van der Waals surface area contributed by atoms with Gasteiger partial charge in [-0.3, -0.25) is 4.79 Å². The van der Waals surface area contributed by atoms with Gasteiger partial charge in [0.2, 0.25) is 0 Å². The zero-order chi connectivity index (χ0) is 15.2. The molecule has 0 spiro atoms. The first-order chi connectivity index (χ1) is 10.1. The van der Waals surface area contributed by atoms with Crippen LogP contribution in [0.5, 0.6) is 0 Å². The van der Waals surface area contributed by atoms with Gasteiger partial charge in [-0.05, 0) is 36.4 Å². The maximum absolute atomic E-state index is 13.6. The summed E-state index contributed by atoms with van der Waals surface area (Å²) < 4.78 is 13.6. The second-order valence-electron chi connectivity index (χ2n) is 4.13. The molecule has 0 fully saturated rings. The summed E-state index contributed by atoms with van der Waals surface area (Å²) in [5, 5.41) is 2.65. The highest BCUT2D eigenvalue weighted by molar-refractivity contribution is 6.34. The number of amides is 1. The SMILES string of the molecule is NCC#Cc1ccc(NC(=O)c2c(F)cccc2Cl)cc1. The molecule has 2 aromatic rings. The summed E-state index contributed by atoms with van der Waals surface area (Å²) in [6.07, 6.45) is 0. The minimum absolute atomic E-state index is 0.0675. The van der Waals surface area contributed by atoms with Crippen LogP contribution in [0.3, 0.4) is 0 Å². The maximum atomic E-state index is 13.6. The van der Waals surface area contributed by atoms with Gasteiger partial charge in [0.25, 0.3) is 5.91 Å². The lowest BCUT2D eigenvalue weighted by Gasteiger charge is -2.07. The van der Waals surface area contributed by atoms with Gasteiger partial charge in [-0.2, -0.15) is 0 Å². The Bertz CT molecular complexity index is 697. The van der Waals surface area contributed by atoms with Crippen LogP contribution in [-0.2, 0) is 0 Å². The van der Waals surface area contributed by atoms with Crippen molar-refractivity contribution in [2.75, 3.05) is 11.9 Å². The van der Waals surface area contributed by atoms with Crippen LogP contribution in [0.1, 0.15) is 15.9 Å². The van der Waals surface area contributed by atoms with E-state index in [-0.39, 0.29) is 17.1 Å². The van der Waals surface area contributed by atoms with Crippen molar-refractivity contribution in [3.8, 4) is 11.8 Å². The summed E-state index contributed by atoms with van der Waals surface area (Å²) in [5.41, 5.74) is 6.42. The van der Waals surface area contributed by atoms with Gasteiger partial charge in [-0.15, -0.1) is 0 Å². The van der Waals surface area contributed by atoms with Crippen molar-refractivity contribution in [2.45, 2.75) is 0 Å². The molecule has 0 bridgehead atoms. The minimum atomic E-state index is -0.662. The summed E-state index contributed by atoms with van der Waals surface area (Å²) in [6, 6.07) is 10.9. The second-order valence-corrected chi connectivity index (χ2v) is 4.54. The molecule has 3 N–H and O–H groups in total. The average Bonchev–Trinajstić information content (AvgIpc) is 2.46. The molecule has 5 heteroatoms. The minimum Gasteiger partial charge on any atom is -0.322 e. The molecule has 0 unspecified atom stereocenters. The molecule has 0 saturated carbocycles. The van der Waals surface area contributed by atoms with Crippen molar-refractivity contribution in [3.05, 3.63) is 64.4 Å². The number of hydrogen-bond donors (Lipinski definition) is 2. The number of anilines is 1. The van der Waals surface area contributed by atoms with Gasteiger partial charge in [0.05, 0.1) is 17.1 Å². The lowest BCUT2D eigenvalue weighted by molar-refractivity contribution is 0.102. The van der Waals surface area contributed by atoms with Crippen molar-refractivity contribution < 1.29 is 9.18 Å². The van der Waals surface area contributed by atoms with Crippen LogP contribution in [0.15, 0.2) is 42.5 Å². The lowest BCUT2D eigenvalue weighted by Crippen LogP contribution is -2.14. The van der Waals surface area contributed by atoms with Crippen LogP contribution in [0.2, 0.25) is 5.02 Å². The van der Waals surface area contributed by atoms with E-state index in [1.807, 2.05) is 0 Å². The molecular weight excluding hydrogens is 291 g/mol. The summed E-state index contributed by atoms with van der Waals surface area (Å²) in [4.78, 5) is 12.0. The molecule has 0 aliphatic heterocycles. The molecule has 0 aromatic heterocycles. The smallest absolute Gasteiger partial charge is 0.260 e. The van der Waals surface area contributed by atoms with E-state index in [0.717, 1.165) is 5.56 Å². The van der Waals surface area contributed by atoms with E-state index in [1.54, 1.807) is 24.3 Å². The highest BCUT2D eigenvalue weighted by Crippen LogP contribution is 2.20. The van der Waals surface area contributed by atoms with Gasteiger partial charge in [-0.25, -0.2) is 4.39 Å². The van der Waals surface area contributed by atoms with Gasteiger partial charge in [0, 0.05) is 11.3 Å². The molecule has 2 aromatic carbocycles. The normalized spacial score (nSPS) is 9.67. The van der Waals surface area contributed by atoms with Gasteiger partial charge >= 0.3 is 0 Å². The van der Waals surface area contributed by atoms with E-state index in [9.17, 15) is 9.18 Å². The van der Waals surface area contributed by atoms with E-state index < -0.39 is 11.7 Å². The molecule has 1 amide bonds. The Balaban J connectivity index is 2.16. The van der Waals surface area contributed by atoms with Crippen LogP contribution in [0, 0.1) is 17.7 Å². The van der Waals surface area contributed by atoms with Gasteiger partial charge < -0.3 is 11.1 Å². The number of nitrogens with one attached hydrogen (secondary N) is 1. The third-order valence-corrected chi connectivity index (χ3v) is 2.98. The van der Waals surface area contributed by atoms with Crippen molar-refractivity contribution in [1.82, 2.24) is 0 Å². The fraction of sp³-hybridized carbons (Fsp3) is 0.0625. The third kappa shape index (κ3) is 3.82. The third-order valence-electron chi connectivity index (χ3n) is 2.67. The predicted octanol–water partition coefficient (Wildman–Crippen LogP) is 3.04. The molecule has 3 nitrogen and oxygen atoms in total. The molecule has 0 saturated heterocycles. The van der Waals surface area contributed by atoms with E-state index in [0.29, 0.717) is 5.69 Å². The Morgan fingerprint density at radius 2 is 1.95 bits per heavy atom. The largest absolute Gasteiger partial charge is 0.322 e. The van der Waals surface area contributed by atoms with Crippen molar-refractivity contribution in [3.63, 3.8) is 0 Å². The summed E-state index contributed by atoms with van der Waals surface area (Å²) >= 11 is 5.84. The fourth-order valence-electron chi connectivity index (χ4n) is 1.70. The average molecular weight is 303 g/mol. The van der Waals surface area contributed by atoms with Gasteiger partial charge in [0.15, 0.2) is 0 Å². The van der Waals surface area contributed by atoms with Crippen LogP contribution in [0.25, 0.3) is 0 Å². The van der Waals surface area contributed by atoms with Gasteiger partial charge in [-0.1, -0.05) is 29.5 Å². The zero-order valence-electron chi connectivity index (χ0n) is 11.0. The van der Waals surface area contributed by atoms with E-state index >= 15 is 0 Å². The molecule has 2 rings (SSSR count). The molecule has 106 valence electrons. The van der Waals surface area contributed by atoms with Crippen molar-refractivity contribution in [1.29, 1.82) is 0 Å². The number of hydrogen-bond acceptors (Lipinski definition) is 2. The fourth-order valence-corrected chi connectivity index (χ4v) is 1.95.